The summed E-state index contributed by atoms with van der Waals surface area (Å²) in [5.74, 6) is 3.63. The maximum Gasteiger partial charge on any atom is 0.205 e. The Morgan fingerprint density at radius 2 is 1.61 bits per heavy atom. The lowest BCUT2D eigenvalue weighted by molar-refractivity contribution is 0.641. The van der Waals surface area contributed by atoms with Crippen LogP contribution in [0.4, 0.5) is 10.9 Å². The van der Waals surface area contributed by atoms with Crippen LogP contribution in [0.3, 0.4) is 0 Å². The Balaban J connectivity index is 1.46. The van der Waals surface area contributed by atoms with Gasteiger partial charge < -0.3 is 9.80 Å². The number of rotatable bonds is 3. The van der Waals surface area contributed by atoms with Crippen molar-refractivity contribution in [3.8, 4) is 0 Å². The average Bonchev–Trinajstić information content (AvgIpc) is 3.28. The maximum absolute atomic E-state index is 4.73. The molecule has 0 bridgehead atoms. The van der Waals surface area contributed by atoms with Crippen LogP contribution in [0.25, 0.3) is 0 Å². The van der Waals surface area contributed by atoms with Gasteiger partial charge in [-0.15, -0.1) is 0 Å². The van der Waals surface area contributed by atoms with Crippen molar-refractivity contribution >= 4 is 22.5 Å². The van der Waals surface area contributed by atoms with E-state index in [9.17, 15) is 0 Å². The number of hydrogen-bond acceptors (Lipinski definition) is 7. The first kappa shape index (κ1) is 14.8. The third-order valence-electron chi connectivity index (χ3n) is 4.70. The van der Waals surface area contributed by atoms with E-state index in [0.717, 1.165) is 54.5 Å². The molecule has 122 valence electrons. The molecule has 2 aromatic rings. The van der Waals surface area contributed by atoms with Crippen LogP contribution in [-0.4, -0.2) is 45.5 Å². The van der Waals surface area contributed by atoms with Crippen molar-refractivity contribution in [3.63, 3.8) is 0 Å². The highest BCUT2D eigenvalue weighted by Crippen LogP contribution is 2.39. The number of anilines is 2. The molecule has 0 unspecified atom stereocenters. The minimum absolute atomic E-state index is 0.635. The van der Waals surface area contributed by atoms with Crippen molar-refractivity contribution < 1.29 is 0 Å². The second-order valence-electron chi connectivity index (χ2n) is 6.49. The van der Waals surface area contributed by atoms with Gasteiger partial charge in [-0.2, -0.15) is 4.37 Å². The first-order valence-electron chi connectivity index (χ1n) is 8.27. The van der Waals surface area contributed by atoms with Crippen LogP contribution in [0.5, 0.6) is 0 Å². The highest BCUT2D eigenvalue weighted by Gasteiger charge is 2.29. The van der Waals surface area contributed by atoms with Crippen LogP contribution in [0.15, 0.2) is 0 Å². The van der Waals surface area contributed by atoms with Crippen molar-refractivity contribution in [3.05, 3.63) is 22.9 Å². The second-order valence-corrected chi connectivity index (χ2v) is 7.22. The molecule has 7 heteroatoms. The van der Waals surface area contributed by atoms with Gasteiger partial charge in [0.1, 0.15) is 17.5 Å². The van der Waals surface area contributed by atoms with Crippen molar-refractivity contribution in [1.29, 1.82) is 0 Å². The van der Waals surface area contributed by atoms with E-state index in [4.69, 9.17) is 4.98 Å². The number of hydrogen-bond donors (Lipinski definition) is 0. The highest BCUT2D eigenvalue weighted by atomic mass is 32.1. The van der Waals surface area contributed by atoms with Gasteiger partial charge in [0.2, 0.25) is 5.13 Å². The molecule has 2 aromatic heterocycles. The van der Waals surface area contributed by atoms with Gasteiger partial charge in [-0.25, -0.2) is 15.0 Å². The van der Waals surface area contributed by atoms with Crippen LogP contribution in [0, 0.1) is 20.8 Å². The summed E-state index contributed by atoms with van der Waals surface area (Å²) in [6.45, 7) is 10.0. The molecule has 0 N–H and O–H groups in total. The summed E-state index contributed by atoms with van der Waals surface area (Å²) in [6, 6.07) is 0. The summed E-state index contributed by atoms with van der Waals surface area (Å²) in [7, 11) is 0. The fraction of sp³-hybridized carbons (Fsp3) is 0.625. The van der Waals surface area contributed by atoms with Gasteiger partial charge in [0.05, 0.1) is 0 Å². The van der Waals surface area contributed by atoms with Crippen LogP contribution >= 0.6 is 11.5 Å². The van der Waals surface area contributed by atoms with E-state index in [2.05, 4.69) is 38.0 Å². The zero-order valence-electron chi connectivity index (χ0n) is 13.9. The van der Waals surface area contributed by atoms with E-state index in [-0.39, 0.29) is 0 Å². The summed E-state index contributed by atoms with van der Waals surface area (Å²) >= 11 is 1.55. The first-order valence-corrected chi connectivity index (χ1v) is 9.04. The molecule has 23 heavy (non-hydrogen) atoms. The van der Waals surface area contributed by atoms with Crippen LogP contribution in [0.2, 0.25) is 0 Å². The van der Waals surface area contributed by atoms with Gasteiger partial charge in [0.15, 0.2) is 0 Å². The molecule has 6 nitrogen and oxygen atoms in total. The van der Waals surface area contributed by atoms with Crippen molar-refractivity contribution in [2.45, 2.75) is 39.5 Å². The number of piperazine rings is 1. The van der Waals surface area contributed by atoms with Gasteiger partial charge in [-0.1, -0.05) is 0 Å². The smallest absolute Gasteiger partial charge is 0.205 e. The van der Waals surface area contributed by atoms with Crippen LogP contribution < -0.4 is 9.80 Å². The molecule has 3 heterocycles. The fourth-order valence-corrected chi connectivity index (χ4v) is 3.83. The largest absolute Gasteiger partial charge is 0.353 e. The summed E-state index contributed by atoms with van der Waals surface area (Å²) in [4.78, 5) is 18.6. The zero-order valence-corrected chi connectivity index (χ0v) is 14.7. The first-order chi connectivity index (χ1) is 11.1. The molecule has 1 aliphatic heterocycles. The van der Waals surface area contributed by atoms with Gasteiger partial charge in [-0.3, -0.25) is 0 Å². The Morgan fingerprint density at radius 1 is 0.913 bits per heavy atom. The number of aryl methyl sites for hydroxylation is 2. The molecule has 0 aromatic carbocycles. The molecule has 0 radical (unpaired) electrons. The Kier molecular flexibility index (Phi) is 3.67. The van der Waals surface area contributed by atoms with E-state index in [1.807, 2.05) is 6.92 Å². The highest BCUT2D eigenvalue weighted by molar-refractivity contribution is 7.09. The van der Waals surface area contributed by atoms with E-state index < -0.39 is 0 Å². The summed E-state index contributed by atoms with van der Waals surface area (Å²) in [5.41, 5.74) is 2.27. The van der Waals surface area contributed by atoms with E-state index in [1.54, 1.807) is 11.5 Å². The van der Waals surface area contributed by atoms with Crippen molar-refractivity contribution in [2.24, 2.45) is 0 Å². The molecule has 2 aliphatic rings. The quantitative estimate of drug-likeness (QED) is 0.861. The minimum Gasteiger partial charge on any atom is -0.353 e. The Hall–Kier alpha value is -1.76. The topological polar surface area (TPSA) is 58.0 Å². The predicted molar refractivity (Wildman–Crippen MR) is 92.6 cm³/mol. The lowest BCUT2D eigenvalue weighted by Gasteiger charge is -2.35. The molecule has 1 saturated carbocycles. The third kappa shape index (κ3) is 2.89. The fourth-order valence-electron chi connectivity index (χ4n) is 3.03. The monoisotopic (exact) mass is 330 g/mol. The normalized spacial score (nSPS) is 18.6. The predicted octanol–water partition coefficient (Wildman–Crippen LogP) is 2.46. The molecule has 1 saturated heterocycles. The van der Waals surface area contributed by atoms with Crippen molar-refractivity contribution in [1.82, 2.24) is 19.3 Å². The molecule has 4 rings (SSSR count). The van der Waals surface area contributed by atoms with Crippen molar-refractivity contribution in [2.75, 3.05) is 36.0 Å². The van der Waals surface area contributed by atoms with Gasteiger partial charge in [0.25, 0.3) is 0 Å². The molecular weight excluding hydrogens is 308 g/mol. The van der Waals surface area contributed by atoms with E-state index in [0.29, 0.717) is 5.92 Å². The molecule has 0 amide bonds. The Morgan fingerprint density at radius 3 is 2.30 bits per heavy atom. The number of nitrogens with zero attached hydrogens (tertiary/aromatic N) is 6. The van der Waals surface area contributed by atoms with Crippen LogP contribution in [-0.2, 0) is 0 Å². The second kappa shape index (κ2) is 5.70. The average molecular weight is 330 g/mol. The molecule has 0 atom stereocenters. The molecular formula is C16H22N6S. The summed E-state index contributed by atoms with van der Waals surface area (Å²) in [6.07, 6.45) is 2.52. The maximum atomic E-state index is 4.73. The van der Waals surface area contributed by atoms with E-state index in [1.165, 1.54) is 18.4 Å². The van der Waals surface area contributed by atoms with Gasteiger partial charge in [-0.05, 0) is 33.6 Å². The summed E-state index contributed by atoms with van der Waals surface area (Å²) in [5, 5.41) is 1.08. The lowest BCUT2D eigenvalue weighted by atomic mass is 10.2. The minimum atomic E-state index is 0.635. The standard InChI is InChI=1S/C16H22N6S/c1-10-11(2)17-12(3)18-15(10)21-6-8-22(9-7-21)16-19-14(20-23-16)13-4-5-13/h13H,4-9H2,1-3H3. The molecule has 2 fully saturated rings. The Labute approximate surface area is 140 Å². The van der Waals surface area contributed by atoms with E-state index >= 15 is 0 Å². The Bertz CT molecular complexity index is 715. The van der Waals surface area contributed by atoms with Crippen LogP contribution in [0.1, 0.15) is 41.7 Å². The third-order valence-corrected chi connectivity index (χ3v) is 5.49. The molecule has 0 spiro atoms. The molecule has 1 aliphatic carbocycles. The summed E-state index contributed by atoms with van der Waals surface area (Å²) < 4.78 is 4.52. The number of aromatic nitrogens is 4. The SMILES string of the molecule is Cc1nc(C)c(C)c(N2CCN(c3nc(C4CC4)ns3)CC2)n1. The van der Waals surface area contributed by atoms with Gasteiger partial charge in [0, 0.05) is 54.9 Å². The zero-order chi connectivity index (χ0) is 16.0. The van der Waals surface area contributed by atoms with Gasteiger partial charge >= 0.3 is 0 Å². The lowest BCUT2D eigenvalue weighted by Crippen LogP contribution is -2.47.